The first kappa shape index (κ1) is 15.3. The number of rotatable bonds is 4. The molecule has 0 aliphatic heterocycles. The number of aliphatic hydroxyl groups is 1. The van der Waals surface area contributed by atoms with E-state index in [0.717, 1.165) is 12.1 Å². The minimum Gasteiger partial charge on any atom is -0.387 e. The number of hydrogen-bond donors (Lipinski definition) is 2. The lowest BCUT2D eigenvalue weighted by molar-refractivity contribution is -0.137. The van der Waals surface area contributed by atoms with Crippen molar-refractivity contribution in [2.45, 2.75) is 12.3 Å². The highest BCUT2D eigenvalue weighted by atomic mass is 19.4. The van der Waals surface area contributed by atoms with E-state index >= 15 is 0 Å². The van der Waals surface area contributed by atoms with Crippen molar-refractivity contribution in [3.63, 3.8) is 0 Å². The summed E-state index contributed by atoms with van der Waals surface area (Å²) in [5.74, 6) is -0.413. The molecular formula is C15H13F4NO. The summed E-state index contributed by atoms with van der Waals surface area (Å²) >= 11 is 0. The molecule has 0 radical (unpaired) electrons. The Balaban J connectivity index is 1.99. The normalized spacial score (nSPS) is 13.0. The third kappa shape index (κ3) is 4.19. The third-order valence-electron chi connectivity index (χ3n) is 2.95. The lowest BCUT2D eigenvalue weighted by atomic mass is 10.1. The molecule has 2 rings (SSSR count). The minimum atomic E-state index is -4.40. The lowest BCUT2D eigenvalue weighted by Crippen LogP contribution is -2.13. The third-order valence-corrected chi connectivity index (χ3v) is 2.95. The molecule has 1 unspecified atom stereocenters. The maximum atomic E-state index is 13.0. The van der Waals surface area contributed by atoms with Crippen LogP contribution >= 0.6 is 0 Å². The van der Waals surface area contributed by atoms with E-state index in [9.17, 15) is 22.7 Å². The van der Waals surface area contributed by atoms with Crippen LogP contribution in [0.15, 0.2) is 48.5 Å². The molecule has 2 N–H and O–H groups in total. The maximum absolute atomic E-state index is 13.0. The van der Waals surface area contributed by atoms with Crippen molar-refractivity contribution >= 4 is 5.69 Å². The number of benzene rings is 2. The number of hydrogen-bond acceptors (Lipinski definition) is 2. The van der Waals surface area contributed by atoms with Gasteiger partial charge in [0.1, 0.15) is 5.82 Å². The zero-order valence-corrected chi connectivity index (χ0v) is 10.9. The van der Waals surface area contributed by atoms with Gasteiger partial charge < -0.3 is 10.4 Å². The van der Waals surface area contributed by atoms with E-state index in [-0.39, 0.29) is 6.54 Å². The Morgan fingerprint density at radius 1 is 1.05 bits per heavy atom. The summed E-state index contributed by atoms with van der Waals surface area (Å²) < 4.78 is 50.2. The first-order valence-corrected chi connectivity index (χ1v) is 6.21. The summed E-state index contributed by atoms with van der Waals surface area (Å²) in [5, 5.41) is 12.7. The molecule has 0 bridgehead atoms. The molecule has 6 heteroatoms. The smallest absolute Gasteiger partial charge is 0.387 e. The molecule has 0 fully saturated rings. The summed E-state index contributed by atoms with van der Waals surface area (Å²) in [4.78, 5) is 0. The summed E-state index contributed by atoms with van der Waals surface area (Å²) in [5.41, 5.74) is 0.0735. The number of anilines is 1. The fraction of sp³-hybridized carbons (Fsp3) is 0.200. The molecule has 112 valence electrons. The molecule has 21 heavy (non-hydrogen) atoms. The van der Waals surface area contributed by atoms with Crippen LogP contribution < -0.4 is 5.32 Å². The predicted molar refractivity (Wildman–Crippen MR) is 71.3 cm³/mol. The molecule has 0 aliphatic carbocycles. The van der Waals surface area contributed by atoms with E-state index in [2.05, 4.69) is 5.32 Å². The molecule has 0 aliphatic rings. The van der Waals surface area contributed by atoms with Crippen molar-refractivity contribution in [3.8, 4) is 0 Å². The van der Waals surface area contributed by atoms with Gasteiger partial charge in [-0.15, -0.1) is 0 Å². The molecule has 0 aromatic heterocycles. The van der Waals surface area contributed by atoms with Gasteiger partial charge in [-0.25, -0.2) is 4.39 Å². The lowest BCUT2D eigenvalue weighted by Gasteiger charge is -2.14. The number of halogens is 4. The second-order valence-corrected chi connectivity index (χ2v) is 4.53. The van der Waals surface area contributed by atoms with Crippen LogP contribution in [0.5, 0.6) is 0 Å². The zero-order chi connectivity index (χ0) is 15.5. The fourth-order valence-electron chi connectivity index (χ4n) is 1.83. The van der Waals surface area contributed by atoms with E-state index in [1.54, 1.807) is 6.07 Å². The van der Waals surface area contributed by atoms with Crippen molar-refractivity contribution in [3.05, 3.63) is 65.5 Å². The Morgan fingerprint density at radius 2 is 1.71 bits per heavy atom. The molecule has 0 spiro atoms. The second kappa shape index (κ2) is 6.13. The molecule has 2 aromatic rings. The van der Waals surface area contributed by atoms with Gasteiger partial charge in [-0.05, 0) is 35.9 Å². The standard InChI is InChI=1S/C15H13F4NO/c16-12-2-1-3-13(8-12)20-9-14(21)10-4-6-11(7-5-10)15(17,18)19/h1-8,14,20-21H,9H2. The van der Waals surface area contributed by atoms with Crippen LogP contribution in [0.4, 0.5) is 23.2 Å². The van der Waals surface area contributed by atoms with Crippen LogP contribution in [0.2, 0.25) is 0 Å². The van der Waals surface area contributed by atoms with E-state index < -0.39 is 23.7 Å². The van der Waals surface area contributed by atoms with Crippen LogP contribution in [0.25, 0.3) is 0 Å². The van der Waals surface area contributed by atoms with Crippen molar-refractivity contribution in [2.24, 2.45) is 0 Å². The highest BCUT2D eigenvalue weighted by Crippen LogP contribution is 2.29. The van der Waals surface area contributed by atoms with Gasteiger partial charge in [-0.1, -0.05) is 18.2 Å². The average Bonchev–Trinajstić information content (AvgIpc) is 2.44. The van der Waals surface area contributed by atoms with Gasteiger partial charge in [0.15, 0.2) is 0 Å². The first-order chi connectivity index (χ1) is 9.86. The van der Waals surface area contributed by atoms with Gasteiger partial charge in [0.05, 0.1) is 11.7 Å². The van der Waals surface area contributed by atoms with Crippen LogP contribution in [0.3, 0.4) is 0 Å². The predicted octanol–water partition coefficient (Wildman–Crippen LogP) is 3.99. The monoisotopic (exact) mass is 299 g/mol. The van der Waals surface area contributed by atoms with Gasteiger partial charge in [-0.3, -0.25) is 0 Å². The van der Waals surface area contributed by atoms with Crippen molar-refractivity contribution in [1.82, 2.24) is 0 Å². The summed E-state index contributed by atoms with van der Waals surface area (Å²) in [6, 6.07) is 9.98. The van der Waals surface area contributed by atoms with E-state index in [4.69, 9.17) is 0 Å². The molecule has 0 saturated heterocycles. The van der Waals surface area contributed by atoms with E-state index in [1.165, 1.54) is 30.3 Å². The summed E-state index contributed by atoms with van der Waals surface area (Å²) in [6.07, 6.45) is -5.39. The van der Waals surface area contributed by atoms with Crippen LogP contribution in [0.1, 0.15) is 17.2 Å². The number of nitrogens with one attached hydrogen (secondary N) is 1. The maximum Gasteiger partial charge on any atom is 0.416 e. The van der Waals surface area contributed by atoms with Gasteiger partial charge in [0.25, 0.3) is 0 Å². The Labute approximate surface area is 119 Å². The van der Waals surface area contributed by atoms with Gasteiger partial charge in [-0.2, -0.15) is 13.2 Å². The van der Waals surface area contributed by atoms with Gasteiger partial charge in [0.2, 0.25) is 0 Å². The van der Waals surface area contributed by atoms with Crippen LogP contribution in [-0.4, -0.2) is 11.7 Å². The van der Waals surface area contributed by atoms with Gasteiger partial charge >= 0.3 is 6.18 Å². The van der Waals surface area contributed by atoms with Crippen molar-refractivity contribution in [1.29, 1.82) is 0 Å². The second-order valence-electron chi connectivity index (χ2n) is 4.53. The van der Waals surface area contributed by atoms with E-state index in [1.807, 2.05) is 0 Å². The number of aliphatic hydroxyl groups excluding tert-OH is 1. The van der Waals surface area contributed by atoms with Crippen molar-refractivity contribution in [2.75, 3.05) is 11.9 Å². The largest absolute Gasteiger partial charge is 0.416 e. The Kier molecular flexibility index (Phi) is 4.47. The molecular weight excluding hydrogens is 286 g/mol. The van der Waals surface area contributed by atoms with E-state index in [0.29, 0.717) is 11.3 Å². The summed E-state index contributed by atoms with van der Waals surface area (Å²) in [7, 11) is 0. The molecule has 0 saturated carbocycles. The van der Waals surface area contributed by atoms with Crippen molar-refractivity contribution < 1.29 is 22.7 Å². The average molecular weight is 299 g/mol. The molecule has 2 aromatic carbocycles. The van der Waals surface area contributed by atoms with Gasteiger partial charge in [0, 0.05) is 12.2 Å². The topological polar surface area (TPSA) is 32.3 Å². The number of alkyl halides is 3. The fourth-order valence-corrected chi connectivity index (χ4v) is 1.83. The minimum absolute atomic E-state index is 0.0643. The first-order valence-electron chi connectivity index (χ1n) is 6.21. The van der Waals surface area contributed by atoms with Crippen LogP contribution in [-0.2, 0) is 6.18 Å². The van der Waals surface area contributed by atoms with Crippen LogP contribution in [0, 0.1) is 5.82 Å². The quantitative estimate of drug-likeness (QED) is 0.837. The molecule has 1 atom stereocenters. The zero-order valence-electron chi connectivity index (χ0n) is 10.9. The summed E-state index contributed by atoms with van der Waals surface area (Å²) in [6.45, 7) is 0.0643. The Morgan fingerprint density at radius 3 is 2.29 bits per heavy atom. The SMILES string of the molecule is OC(CNc1cccc(F)c1)c1ccc(C(F)(F)F)cc1. The highest BCUT2D eigenvalue weighted by Gasteiger charge is 2.30. The highest BCUT2D eigenvalue weighted by molar-refractivity contribution is 5.43. The Bertz CT molecular complexity index is 595. The Hall–Kier alpha value is -2.08. The molecule has 0 heterocycles. The molecule has 2 nitrogen and oxygen atoms in total. The molecule has 0 amide bonds.